The second kappa shape index (κ2) is 5.34. The number of rotatable bonds is 5. The molecular formula is C13H13ClN2OS. The summed E-state index contributed by atoms with van der Waals surface area (Å²) >= 11 is 7.55. The average molecular weight is 281 g/mol. The van der Waals surface area contributed by atoms with E-state index in [-0.39, 0.29) is 0 Å². The molecule has 0 amide bonds. The zero-order valence-electron chi connectivity index (χ0n) is 9.73. The Morgan fingerprint density at radius 1 is 1.44 bits per heavy atom. The molecule has 18 heavy (non-hydrogen) atoms. The lowest BCUT2D eigenvalue weighted by Gasteiger charge is -2.09. The molecule has 0 aliphatic heterocycles. The van der Waals surface area contributed by atoms with Gasteiger partial charge in [0, 0.05) is 22.5 Å². The molecule has 3 rings (SSSR count). The van der Waals surface area contributed by atoms with E-state index in [1.54, 1.807) is 12.5 Å². The Balaban J connectivity index is 1.78. The molecule has 0 spiro atoms. The van der Waals surface area contributed by atoms with E-state index in [0.717, 1.165) is 16.5 Å². The summed E-state index contributed by atoms with van der Waals surface area (Å²) in [5, 5.41) is 4.88. The summed E-state index contributed by atoms with van der Waals surface area (Å²) in [6.07, 6.45) is 5.80. The van der Waals surface area contributed by atoms with E-state index < -0.39 is 0 Å². The van der Waals surface area contributed by atoms with E-state index in [0.29, 0.717) is 11.3 Å². The largest absolute Gasteiger partial charge is 0.440 e. The van der Waals surface area contributed by atoms with Crippen LogP contribution in [0.15, 0.2) is 45.2 Å². The number of oxazole rings is 1. The van der Waals surface area contributed by atoms with Gasteiger partial charge in [-0.15, -0.1) is 0 Å². The SMILES string of the molecule is Clc1ccc(CNC2CC2)c(Sc2ncco2)c1. The summed E-state index contributed by atoms with van der Waals surface area (Å²) in [4.78, 5) is 5.22. The molecule has 0 saturated heterocycles. The number of hydrogen-bond acceptors (Lipinski definition) is 4. The van der Waals surface area contributed by atoms with E-state index in [2.05, 4.69) is 16.4 Å². The lowest BCUT2D eigenvalue weighted by molar-refractivity contribution is 0.454. The quantitative estimate of drug-likeness (QED) is 0.906. The third-order valence-electron chi connectivity index (χ3n) is 2.79. The van der Waals surface area contributed by atoms with Crippen molar-refractivity contribution in [1.29, 1.82) is 0 Å². The van der Waals surface area contributed by atoms with Crippen molar-refractivity contribution < 1.29 is 4.42 Å². The van der Waals surface area contributed by atoms with Gasteiger partial charge in [0.25, 0.3) is 5.22 Å². The Hall–Kier alpha value is -0.970. The Labute approximate surface area is 115 Å². The van der Waals surface area contributed by atoms with Gasteiger partial charge in [-0.25, -0.2) is 4.98 Å². The number of halogens is 1. The van der Waals surface area contributed by atoms with Crippen LogP contribution < -0.4 is 5.32 Å². The van der Waals surface area contributed by atoms with Crippen molar-refractivity contribution in [3.8, 4) is 0 Å². The molecule has 3 nitrogen and oxygen atoms in total. The molecule has 5 heteroatoms. The molecule has 0 unspecified atom stereocenters. The van der Waals surface area contributed by atoms with Crippen LogP contribution in [0.5, 0.6) is 0 Å². The number of benzene rings is 1. The van der Waals surface area contributed by atoms with Crippen molar-refractivity contribution >= 4 is 23.4 Å². The van der Waals surface area contributed by atoms with Crippen LogP contribution in [0.25, 0.3) is 0 Å². The fourth-order valence-electron chi connectivity index (χ4n) is 1.67. The smallest absolute Gasteiger partial charge is 0.260 e. The zero-order chi connectivity index (χ0) is 12.4. The first-order valence-corrected chi connectivity index (χ1v) is 7.10. The monoisotopic (exact) mass is 280 g/mol. The van der Waals surface area contributed by atoms with E-state index in [9.17, 15) is 0 Å². The molecule has 1 aromatic carbocycles. The van der Waals surface area contributed by atoms with Gasteiger partial charge >= 0.3 is 0 Å². The average Bonchev–Trinajstić information content (AvgIpc) is 3.05. The highest BCUT2D eigenvalue weighted by Gasteiger charge is 2.20. The minimum Gasteiger partial charge on any atom is -0.440 e. The van der Waals surface area contributed by atoms with Crippen LogP contribution in [-0.4, -0.2) is 11.0 Å². The second-order valence-corrected chi connectivity index (χ2v) is 5.74. The molecule has 2 aromatic rings. The molecule has 1 fully saturated rings. The fraction of sp³-hybridized carbons (Fsp3) is 0.308. The van der Waals surface area contributed by atoms with Gasteiger partial charge in [0.15, 0.2) is 0 Å². The second-order valence-electron chi connectivity index (χ2n) is 4.31. The fourth-order valence-corrected chi connectivity index (χ4v) is 2.77. The summed E-state index contributed by atoms with van der Waals surface area (Å²) < 4.78 is 5.26. The Bertz CT molecular complexity index is 526. The molecule has 1 aliphatic carbocycles. The third-order valence-corrected chi connectivity index (χ3v) is 4.01. The molecule has 1 N–H and O–H groups in total. The van der Waals surface area contributed by atoms with Crippen LogP contribution in [0, 0.1) is 0 Å². The molecular weight excluding hydrogens is 268 g/mol. The number of hydrogen-bond donors (Lipinski definition) is 1. The van der Waals surface area contributed by atoms with E-state index >= 15 is 0 Å². The Morgan fingerprint density at radius 2 is 2.33 bits per heavy atom. The maximum Gasteiger partial charge on any atom is 0.260 e. The van der Waals surface area contributed by atoms with Crippen molar-refractivity contribution in [1.82, 2.24) is 10.3 Å². The van der Waals surface area contributed by atoms with Crippen LogP contribution in [0.4, 0.5) is 0 Å². The maximum atomic E-state index is 6.05. The van der Waals surface area contributed by atoms with Gasteiger partial charge in [-0.05, 0) is 42.3 Å². The molecule has 1 aromatic heterocycles. The number of aromatic nitrogens is 1. The summed E-state index contributed by atoms with van der Waals surface area (Å²) in [5.74, 6) is 0. The van der Waals surface area contributed by atoms with Gasteiger partial charge in [-0.1, -0.05) is 17.7 Å². The molecule has 1 aliphatic rings. The number of nitrogens with one attached hydrogen (secondary N) is 1. The molecule has 0 radical (unpaired) electrons. The van der Waals surface area contributed by atoms with Crippen LogP contribution in [0.1, 0.15) is 18.4 Å². The molecule has 0 atom stereocenters. The zero-order valence-corrected chi connectivity index (χ0v) is 11.3. The standard InChI is InChI=1S/C13H13ClN2OS/c14-10-2-1-9(8-16-11-3-4-11)12(7-10)18-13-15-5-6-17-13/h1-2,5-7,11,16H,3-4,8H2. The molecule has 1 heterocycles. The van der Waals surface area contributed by atoms with Crippen LogP contribution in [-0.2, 0) is 6.54 Å². The summed E-state index contributed by atoms with van der Waals surface area (Å²) in [5.41, 5.74) is 1.23. The Kier molecular flexibility index (Phi) is 3.59. The first-order chi connectivity index (χ1) is 8.81. The van der Waals surface area contributed by atoms with Crippen molar-refractivity contribution in [3.05, 3.63) is 41.2 Å². The summed E-state index contributed by atoms with van der Waals surface area (Å²) in [6, 6.07) is 6.63. The van der Waals surface area contributed by atoms with Gasteiger partial charge < -0.3 is 9.73 Å². The van der Waals surface area contributed by atoms with Gasteiger partial charge in [-0.3, -0.25) is 0 Å². The summed E-state index contributed by atoms with van der Waals surface area (Å²) in [7, 11) is 0. The van der Waals surface area contributed by atoms with E-state index in [4.69, 9.17) is 16.0 Å². The van der Waals surface area contributed by atoms with Gasteiger partial charge in [0.2, 0.25) is 0 Å². The molecule has 94 valence electrons. The summed E-state index contributed by atoms with van der Waals surface area (Å²) in [6.45, 7) is 0.866. The normalized spacial score (nSPS) is 14.9. The Morgan fingerprint density at radius 3 is 3.06 bits per heavy atom. The first-order valence-electron chi connectivity index (χ1n) is 5.90. The van der Waals surface area contributed by atoms with Crippen LogP contribution in [0.2, 0.25) is 5.02 Å². The minimum absolute atomic E-state index is 0.643. The van der Waals surface area contributed by atoms with Crippen LogP contribution in [0.3, 0.4) is 0 Å². The highest BCUT2D eigenvalue weighted by molar-refractivity contribution is 7.99. The molecule has 1 saturated carbocycles. The lowest BCUT2D eigenvalue weighted by atomic mass is 10.2. The van der Waals surface area contributed by atoms with Crippen molar-refractivity contribution in [2.24, 2.45) is 0 Å². The highest BCUT2D eigenvalue weighted by Crippen LogP contribution is 2.32. The van der Waals surface area contributed by atoms with Gasteiger partial charge in [0.05, 0.1) is 6.20 Å². The van der Waals surface area contributed by atoms with Crippen molar-refractivity contribution in [2.45, 2.75) is 35.5 Å². The van der Waals surface area contributed by atoms with Gasteiger partial charge in [-0.2, -0.15) is 0 Å². The van der Waals surface area contributed by atoms with E-state index in [1.165, 1.54) is 30.2 Å². The highest BCUT2D eigenvalue weighted by atomic mass is 35.5. The van der Waals surface area contributed by atoms with Crippen molar-refractivity contribution in [2.75, 3.05) is 0 Å². The van der Waals surface area contributed by atoms with Gasteiger partial charge in [0.1, 0.15) is 6.26 Å². The van der Waals surface area contributed by atoms with Crippen LogP contribution >= 0.6 is 23.4 Å². The van der Waals surface area contributed by atoms with E-state index in [1.807, 2.05) is 12.1 Å². The predicted molar refractivity (Wildman–Crippen MR) is 71.9 cm³/mol. The maximum absolute atomic E-state index is 6.05. The minimum atomic E-state index is 0.643. The van der Waals surface area contributed by atoms with Crippen molar-refractivity contribution in [3.63, 3.8) is 0 Å². The first kappa shape index (κ1) is 12.1. The third kappa shape index (κ3) is 3.07. The lowest BCUT2D eigenvalue weighted by Crippen LogP contribution is -2.15. The predicted octanol–water partition coefficient (Wildman–Crippen LogP) is 3.73. The molecule has 0 bridgehead atoms. The topological polar surface area (TPSA) is 38.1 Å². The number of nitrogens with zero attached hydrogens (tertiary/aromatic N) is 1.